The molecule has 5 heteroatoms. The first-order valence-corrected chi connectivity index (χ1v) is 3.66. The number of rotatable bonds is 3. The van der Waals surface area contributed by atoms with Gasteiger partial charge < -0.3 is 14.3 Å². The molecular formula is C9H8O5. The first-order valence-electron chi connectivity index (χ1n) is 3.66. The zero-order valence-electron chi connectivity index (χ0n) is 7.44. The molecule has 0 fully saturated rings. The molecule has 0 aromatic carbocycles. The van der Waals surface area contributed by atoms with Crippen molar-refractivity contribution in [3.05, 3.63) is 34.9 Å². The average Bonchev–Trinajstić information content (AvgIpc) is 2.15. The molecule has 0 amide bonds. The fraction of sp³-hybridized carbons (Fsp3) is 0.111. The quantitative estimate of drug-likeness (QED) is 0.721. The number of hydrogen-bond acceptors (Lipinski definition) is 4. The maximum absolute atomic E-state index is 10.9. The summed E-state index contributed by atoms with van der Waals surface area (Å²) in [6, 6.07) is 2.40. The molecule has 0 aliphatic rings. The van der Waals surface area contributed by atoms with Gasteiger partial charge in [-0.15, -0.1) is 0 Å². The largest absolute Gasteiger partial charge is 0.496 e. The van der Waals surface area contributed by atoms with Gasteiger partial charge in [-0.25, -0.2) is 9.59 Å². The Kier molecular flexibility index (Phi) is 2.71. The fourth-order valence-corrected chi connectivity index (χ4v) is 0.826. The van der Waals surface area contributed by atoms with Gasteiger partial charge in [-0.2, -0.15) is 0 Å². The van der Waals surface area contributed by atoms with Crippen LogP contribution in [-0.4, -0.2) is 18.2 Å². The Morgan fingerprint density at radius 3 is 2.71 bits per heavy atom. The smallest absolute Gasteiger partial charge is 0.339 e. The van der Waals surface area contributed by atoms with Gasteiger partial charge >= 0.3 is 11.6 Å². The minimum absolute atomic E-state index is 0.109. The predicted octanol–water partition coefficient (Wildman–Crippen LogP) is 0.746. The van der Waals surface area contributed by atoms with E-state index in [9.17, 15) is 9.59 Å². The highest BCUT2D eigenvalue weighted by Gasteiger charge is 2.11. The first-order chi connectivity index (χ1) is 6.54. The molecule has 0 unspecified atom stereocenters. The Labute approximate surface area is 79.2 Å². The van der Waals surface area contributed by atoms with Gasteiger partial charge in [0.1, 0.15) is 11.5 Å². The second-order valence-corrected chi connectivity index (χ2v) is 2.46. The third-order valence-corrected chi connectivity index (χ3v) is 1.54. The van der Waals surface area contributed by atoms with Crippen molar-refractivity contribution in [1.29, 1.82) is 0 Å². The molecule has 0 aliphatic carbocycles. The lowest BCUT2D eigenvalue weighted by molar-refractivity contribution is -0.130. The third-order valence-electron chi connectivity index (χ3n) is 1.54. The number of carboxylic acids is 1. The van der Waals surface area contributed by atoms with Gasteiger partial charge in [0.25, 0.3) is 0 Å². The molecule has 0 bridgehead atoms. The maximum atomic E-state index is 10.9. The second-order valence-electron chi connectivity index (χ2n) is 2.46. The predicted molar refractivity (Wildman–Crippen MR) is 48.2 cm³/mol. The summed E-state index contributed by atoms with van der Waals surface area (Å²) in [6.07, 6.45) is 0. The van der Waals surface area contributed by atoms with Crippen LogP contribution in [0.1, 0.15) is 5.76 Å². The van der Waals surface area contributed by atoms with Crippen LogP contribution in [0.5, 0.6) is 5.75 Å². The Hall–Kier alpha value is -2.04. The van der Waals surface area contributed by atoms with Crippen LogP contribution in [-0.2, 0) is 4.79 Å². The molecule has 1 aromatic heterocycles. The van der Waals surface area contributed by atoms with E-state index >= 15 is 0 Å². The number of aliphatic carboxylic acids is 1. The minimum atomic E-state index is -1.25. The molecule has 0 saturated carbocycles. The lowest BCUT2D eigenvalue weighted by Gasteiger charge is -2.01. The first kappa shape index (κ1) is 10.0. The summed E-state index contributed by atoms with van der Waals surface area (Å²) >= 11 is 0. The third kappa shape index (κ3) is 2.01. The molecule has 0 aliphatic heterocycles. The van der Waals surface area contributed by atoms with Crippen molar-refractivity contribution in [3.8, 4) is 5.75 Å². The van der Waals surface area contributed by atoms with E-state index in [2.05, 4.69) is 11.0 Å². The van der Waals surface area contributed by atoms with Crippen LogP contribution in [0.2, 0.25) is 0 Å². The van der Waals surface area contributed by atoms with Gasteiger partial charge in [0, 0.05) is 6.07 Å². The summed E-state index contributed by atoms with van der Waals surface area (Å²) < 4.78 is 9.40. The summed E-state index contributed by atoms with van der Waals surface area (Å²) in [6.45, 7) is 3.25. The molecular weight excluding hydrogens is 188 g/mol. The molecule has 5 nitrogen and oxygen atoms in total. The van der Waals surface area contributed by atoms with E-state index in [1.165, 1.54) is 13.2 Å². The molecule has 0 atom stereocenters. The van der Waals surface area contributed by atoms with E-state index < -0.39 is 11.6 Å². The molecule has 1 N–H and O–H groups in total. The highest BCUT2D eigenvalue weighted by Crippen LogP contribution is 2.16. The van der Waals surface area contributed by atoms with Gasteiger partial charge in [0.2, 0.25) is 0 Å². The number of methoxy groups -OCH3 is 1. The lowest BCUT2D eigenvalue weighted by atomic mass is 10.2. The van der Waals surface area contributed by atoms with Crippen LogP contribution in [0.15, 0.2) is 27.9 Å². The SMILES string of the molecule is C=C(C(=O)O)c1cc(OC)cc(=O)o1. The lowest BCUT2D eigenvalue weighted by Crippen LogP contribution is -2.04. The van der Waals surface area contributed by atoms with Gasteiger partial charge in [-0.05, 0) is 0 Å². The summed E-state index contributed by atoms with van der Waals surface area (Å²) in [7, 11) is 1.36. The Morgan fingerprint density at radius 2 is 2.21 bits per heavy atom. The van der Waals surface area contributed by atoms with Gasteiger partial charge in [-0.1, -0.05) is 6.58 Å². The molecule has 14 heavy (non-hydrogen) atoms. The van der Waals surface area contributed by atoms with Crippen LogP contribution in [0.25, 0.3) is 5.57 Å². The fourth-order valence-electron chi connectivity index (χ4n) is 0.826. The Morgan fingerprint density at radius 1 is 1.57 bits per heavy atom. The molecule has 1 heterocycles. The van der Waals surface area contributed by atoms with Crippen molar-refractivity contribution in [3.63, 3.8) is 0 Å². The van der Waals surface area contributed by atoms with Crippen molar-refractivity contribution < 1.29 is 19.1 Å². The average molecular weight is 196 g/mol. The zero-order valence-corrected chi connectivity index (χ0v) is 7.44. The Balaban J connectivity index is 3.22. The second kappa shape index (κ2) is 3.78. The zero-order chi connectivity index (χ0) is 10.7. The van der Waals surface area contributed by atoms with E-state index in [4.69, 9.17) is 9.84 Å². The molecule has 1 rings (SSSR count). The van der Waals surface area contributed by atoms with Crippen LogP contribution in [0, 0.1) is 0 Å². The van der Waals surface area contributed by atoms with E-state index in [0.29, 0.717) is 0 Å². The summed E-state index contributed by atoms with van der Waals surface area (Å²) in [5.74, 6) is -1.12. The van der Waals surface area contributed by atoms with E-state index in [1.807, 2.05) is 0 Å². The van der Waals surface area contributed by atoms with Gasteiger partial charge in [-0.3, -0.25) is 0 Å². The summed E-state index contributed by atoms with van der Waals surface area (Å²) in [5.41, 5.74) is -0.970. The van der Waals surface area contributed by atoms with E-state index in [1.54, 1.807) is 0 Å². The number of carboxylic acid groups (broad SMARTS) is 1. The summed E-state index contributed by atoms with van der Waals surface area (Å²) in [4.78, 5) is 21.4. The van der Waals surface area contributed by atoms with Crippen LogP contribution < -0.4 is 10.4 Å². The molecule has 1 aromatic rings. The highest BCUT2D eigenvalue weighted by molar-refractivity contribution is 6.13. The molecule has 0 saturated heterocycles. The maximum Gasteiger partial charge on any atom is 0.339 e. The van der Waals surface area contributed by atoms with Crippen LogP contribution in [0.4, 0.5) is 0 Å². The van der Waals surface area contributed by atoms with Crippen molar-refractivity contribution in [1.82, 2.24) is 0 Å². The molecule has 74 valence electrons. The van der Waals surface area contributed by atoms with Crippen LogP contribution >= 0.6 is 0 Å². The van der Waals surface area contributed by atoms with Crippen molar-refractivity contribution in [2.75, 3.05) is 7.11 Å². The molecule has 0 radical (unpaired) electrons. The normalized spacial score (nSPS) is 9.50. The van der Waals surface area contributed by atoms with Crippen molar-refractivity contribution in [2.45, 2.75) is 0 Å². The number of ether oxygens (including phenoxy) is 1. The van der Waals surface area contributed by atoms with Crippen molar-refractivity contribution in [2.24, 2.45) is 0 Å². The van der Waals surface area contributed by atoms with Crippen molar-refractivity contribution >= 4 is 11.5 Å². The monoisotopic (exact) mass is 196 g/mol. The number of carbonyl (C=O) groups is 1. The number of hydrogen-bond donors (Lipinski definition) is 1. The van der Waals surface area contributed by atoms with E-state index in [-0.39, 0.29) is 17.1 Å². The van der Waals surface area contributed by atoms with Gasteiger partial charge in [0.15, 0.2) is 0 Å². The minimum Gasteiger partial charge on any atom is -0.496 e. The molecule has 0 spiro atoms. The highest BCUT2D eigenvalue weighted by atomic mass is 16.5. The summed E-state index contributed by atoms with van der Waals surface area (Å²) in [5, 5.41) is 8.59. The van der Waals surface area contributed by atoms with Crippen LogP contribution in [0.3, 0.4) is 0 Å². The van der Waals surface area contributed by atoms with E-state index in [0.717, 1.165) is 6.07 Å². The Bertz CT molecular complexity index is 429. The van der Waals surface area contributed by atoms with Gasteiger partial charge in [0.05, 0.1) is 18.7 Å². The topological polar surface area (TPSA) is 76.7 Å². The standard InChI is InChI=1S/C9H8O5/c1-5(9(11)12)7-3-6(13-2)4-8(10)14-7/h3-4H,1H2,2H3,(H,11,12).